The van der Waals surface area contributed by atoms with E-state index in [4.69, 9.17) is 9.47 Å². The van der Waals surface area contributed by atoms with Crippen molar-refractivity contribution < 1.29 is 19.1 Å². The van der Waals surface area contributed by atoms with E-state index < -0.39 is 17.2 Å². The van der Waals surface area contributed by atoms with Crippen LogP contribution >= 0.6 is 0 Å². The number of nitrogens with one attached hydrogen (secondary N) is 2. The molecule has 0 atom stereocenters. The van der Waals surface area contributed by atoms with Crippen LogP contribution in [0.15, 0.2) is 0 Å². The Kier molecular flexibility index (Phi) is 6.83. The molecule has 19 heavy (non-hydrogen) atoms. The summed E-state index contributed by atoms with van der Waals surface area (Å²) in [7, 11) is 0. The molecule has 2 N–H and O–H groups in total. The molecule has 0 aromatic heterocycles. The molecule has 0 aromatic carbocycles. The summed E-state index contributed by atoms with van der Waals surface area (Å²) < 4.78 is 9.94. The third kappa shape index (κ3) is 10.3. The van der Waals surface area contributed by atoms with Crippen LogP contribution in [-0.2, 0) is 14.3 Å². The van der Waals surface area contributed by atoms with E-state index in [0.29, 0.717) is 13.2 Å². The zero-order chi connectivity index (χ0) is 15.1. The second kappa shape index (κ2) is 7.33. The maximum absolute atomic E-state index is 11.5. The van der Waals surface area contributed by atoms with Crippen LogP contribution in [-0.4, -0.2) is 42.9 Å². The van der Waals surface area contributed by atoms with Gasteiger partial charge in [-0.2, -0.15) is 0 Å². The lowest BCUT2D eigenvalue weighted by Gasteiger charge is -2.27. The van der Waals surface area contributed by atoms with Gasteiger partial charge in [-0.15, -0.1) is 0 Å². The van der Waals surface area contributed by atoms with Crippen LogP contribution in [0.3, 0.4) is 0 Å². The summed E-state index contributed by atoms with van der Waals surface area (Å²) >= 11 is 0. The van der Waals surface area contributed by atoms with Gasteiger partial charge in [0, 0.05) is 12.1 Å². The highest BCUT2D eigenvalue weighted by Crippen LogP contribution is 2.07. The van der Waals surface area contributed by atoms with Gasteiger partial charge in [-0.25, -0.2) is 4.79 Å². The smallest absolute Gasteiger partial charge is 0.407 e. The molecule has 0 fully saturated rings. The van der Waals surface area contributed by atoms with E-state index in [1.807, 2.05) is 13.8 Å². The molecule has 0 rings (SSSR count). The number of ether oxygens (including phenoxy) is 2. The summed E-state index contributed by atoms with van der Waals surface area (Å²) in [6.45, 7) is 11.7. The summed E-state index contributed by atoms with van der Waals surface area (Å²) in [6.07, 6.45) is -0.474. The van der Waals surface area contributed by atoms with E-state index in [1.54, 1.807) is 27.7 Å². The van der Waals surface area contributed by atoms with Gasteiger partial charge in [0.15, 0.2) is 0 Å². The van der Waals surface area contributed by atoms with Crippen LogP contribution in [0.25, 0.3) is 0 Å². The van der Waals surface area contributed by atoms with Crippen LogP contribution in [0, 0.1) is 0 Å². The standard InChI is InChI=1S/C13H26N2O4/c1-7-18-10(16)8-15-13(5,6)9-14-11(17)19-12(2,3)4/h15H,7-9H2,1-6H3,(H,14,17). The van der Waals surface area contributed by atoms with Gasteiger partial charge < -0.3 is 20.1 Å². The van der Waals surface area contributed by atoms with E-state index in [2.05, 4.69) is 10.6 Å². The summed E-state index contributed by atoms with van der Waals surface area (Å²) in [6, 6.07) is 0. The largest absolute Gasteiger partial charge is 0.465 e. The Labute approximate surface area is 115 Å². The first kappa shape index (κ1) is 17.7. The highest BCUT2D eigenvalue weighted by atomic mass is 16.6. The van der Waals surface area contributed by atoms with Crippen molar-refractivity contribution in [1.82, 2.24) is 10.6 Å². The zero-order valence-corrected chi connectivity index (χ0v) is 12.8. The Bertz CT molecular complexity index is 308. The van der Waals surface area contributed by atoms with Gasteiger partial charge in [0.2, 0.25) is 0 Å². The summed E-state index contributed by atoms with van der Waals surface area (Å²) in [5.74, 6) is -0.312. The number of rotatable bonds is 6. The van der Waals surface area contributed by atoms with Gasteiger partial charge in [-0.05, 0) is 41.5 Å². The van der Waals surface area contributed by atoms with Crippen molar-refractivity contribution >= 4 is 12.1 Å². The second-order valence-electron chi connectivity index (χ2n) is 5.90. The molecule has 0 spiro atoms. The lowest BCUT2D eigenvalue weighted by atomic mass is 10.1. The summed E-state index contributed by atoms with van der Waals surface area (Å²) in [4.78, 5) is 22.7. The van der Waals surface area contributed by atoms with Crippen molar-refractivity contribution in [3.8, 4) is 0 Å². The van der Waals surface area contributed by atoms with Crippen LogP contribution in [0.2, 0.25) is 0 Å². The number of carbonyl (C=O) groups excluding carboxylic acids is 2. The number of hydrogen-bond donors (Lipinski definition) is 2. The van der Waals surface area contributed by atoms with Crippen molar-refractivity contribution in [1.29, 1.82) is 0 Å². The molecule has 0 unspecified atom stereocenters. The van der Waals surface area contributed by atoms with E-state index in [9.17, 15) is 9.59 Å². The van der Waals surface area contributed by atoms with Gasteiger partial charge in [0.05, 0.1) is 13.2 Å². The van der Waals surface area contributed by atoms with Gasteiger partial charge in [0.1, 0.15) is 5.60 Å². The first-order valence-electron chi connectivity index (χ1n) is 6.43. The molecule has 6 nitrogen and oxygen atoms in total. The van der Waals surface area contributed by atoms with E-state index in [-0.39, 0.29) is 12.5 Å². The normalized spacial score (nSPS) is 11.9. The van der Waals surface area contributed by atoms with Crippen LogP contribution in [0.5, 0.6) is 0 Å². The van der Waals surface area contributed by atoms with Crippen molar-refractivity contribution in [2.24, 2.45) is 0 Å². The Hall–Kier alpha value is -1.30. The third-order valence-corrected chi connectivity index (χ3v) is 2.09. The Morgan fingerprint density at radius 2 is 1.68 bits per heavy atom. The first-order valence-corrected chi connectivity index (χ1v) is 6.43. The average Bonchev–Trinajstić information content (AvgIpc) is 2.22. The topological polar surface area (TPSA) is 76.7 Å². The second-order valence-corrected chi connectivity index (χ2v) is 5.90. The molecule has 0 radical (unpaired) electrons. The van der Waals surface area contributed by atoms with Crippen molar-refractivity contribution in [3.05, 3.63) is 0 Å². The molecule has 0 aromatic rings. The van der Waals surface area contributed by atoms with Crippen molar-refractivity contribution in [3.63, 3.8) is 0 Å². The zero-order valence-electron chi connectivity index (χ0n) is 12.8. The maximum Gasteiger partial charge on any atom is 0.407 e. The van der Waals surface area contributed by atoms with Gasteiger partial charge in [0.25, 0.3) is 0 Å². The van der Waals surface area contributed by atoms with Crippen molar-refractivity contribution in [2.45, 2.75) is 52.7 Å². The van der Waals surface area contributed by atoms with Crippen molar-refractivity contribution in [2.75, 3.05) is 19.7 Å². The number of hydrogen-bond acceptors (Lipinski definition) is 5. The number of alkyl carbamates (subject to hydrolysis) is 1. The quantitative estimate of drug-likeness (QED) is 0.717. The van der Waals surface area contributed by atoms with Crippen LogP contribution in [0.4, 0.5) is 4.79 Å². The fraction of sp³-hybridized carbons (Fsp3) is 0.846. The fourth-order valence-electron chi connectivity index (χ4n) is 1.19. The molecular weight excluding hydrogens is 248 g/mol. The Morgan fingerprint density at radius 1 is 1.11 bits per heavy atom. The van der Waals surface area contributed by atoms with Gasteiger partial charge in [-0.3, -0.25) is 4.79 Å². The molecule has 0 aliphatic heterocycles. The molecule has 1 amide bonds. The van der Waals surface area contributed by atoms with E-state index in [0.717, 1.165) is 0 Å². The molecular formula is C13H26N2O4. The monoisotopic (exact) mass is 274 g/mol. The van der Waals surface area contributed by atoms with E-state index in [1.165, 1.54) is 0 Å². The molecule has 0 bridgehead atoms. The first-order chi connectivity index (χ1) is 8.56. The van der Waals surface area contributed by atoms with Crippen LogP contribution < -0.4 is 10.6 Å². The van der Waals surface area contributed by atoms with Crippen LogP contribution in [0.1, 0.15) is 41.5 Å². The molecule has 0 aliphatic carbocycles. The maximum atomic E-state index is 11.5. The average molecular weight is 274 g/mol. The Morgan fingerprint density at radius 3 is 2.16 bits per heavy atom. The molecule has 112 valence electrons. The highest BCUT2D eigenvalue weighted by Gasteiger charge is 2.22. The highest BCUT2D eigenvalue weighted by molar-refractivity contribution is 5.71. The third-order valence-electron chi connectivity index (χ3n) is 2.09. The number of amides is 1. The fourth-order valence-corrected chi connectivity index (χ4v) is 1.19. The molecule has 0 saturated heterocycles. The minimum Gasteiger partial charge on any atom is -0.465 e. The number of esters is 1. The molecule has 0 aliphatic rings. The minimum absolute atomic E-state index is 0.108. The van der Waals surface area contributed by atoms with Gasteiger partial charge >= 0.3 is 12.1 Å². The van der Waals surface area contributed by atoms with Gasteiger partial charge in [-0.1, -0.05) is 0 Å². The van der Waals surface area contributed by atoms with E-state index >= 15 is 0 Å². The lowest BCUT2D eigenvalue weighted by Crippen LogP contribution is -2.51. The summed E-state index contributed by atoms with van der Waals surface area (Å²) in [5, 5.41) is 5.68. The Balaban J connectivity index is 4.02. The molecule has 0 heterocycles. The summed E-state index contributed by atoms with van der Waals surface area (Å²) in [5.41, 5.74) is -0.948. The lowest BCUT2D eigenvalue weighted by molar-refractivity contribution is -0.142. The molecule has 6 heteroatoms. The predicted octanol–water partition coefficient (Wildman–Crippen LogP) is 1.44. The predicted molar refractivity (Wildman–Crippen MR) is 73.0 cm³/mol. The SMILES string of the molecule is CCOC(=O)CNC(C)(C)CNC(=O)OC(C)(C)C. The minimum atomic E-state index is -0.521. The molecule has 0 saturated carbocycles. The number of carbonyl (C=O) groups is 2.